The summed E-state index contributed by atoms with van der Waals surface area (Å²) in [5.41, 5.74) is 9.75. The Labute approximate surface area is 219 Å². The minimum absolute atomic E-state index is 0.634. The first-order valence-electron chi connectivity index (χ1n) is 12.1. The molecule has 7 heteroatoms. The molecule has 37 heavy (non-hydrogen) atoms. The van der Waals surface area contributed by atoms with Crippen molar-refractivity contribution in [2.24, 2.45) is 0 Å². The zero-order valence-electron chi connectivity index (χ0n) is 20.9. The van der Waals surface area contributed by atoms with Gasteiger partial charge in [-0.25, -0.2) is 14.6 Å². The van der Waals surface area contributed by atoms with Gasteiger partial charge in [-0.3, -0.25) is 0 Å². The van der Waals surface area contributed by atoms with Crippen molar-refractivity contribution in [2.45, 2.75) is 20.8 Å². The third kappa shape index (κ3) is 4.81. The molecular weight excluding hydrogens is 476 g/mol. The number of rotatable bonds is 6. The number of anilines is 2. The van der Waals surface area contributed by atoms with Gasteiger partial charge in [-0.15, -0.1) is 16.4 Å². The molecule has 0 fully saturated rings. The van der Waals surface area contributed by atoms with Crippen molar-refractivity contribution >= 4 is 23.1 Å². The highest BCUT2D eigenvalue weighted by molar-refractivity contribution is 7.12. The van der Waals surface area contributed by atoms with E-state index in [0.717, 1.165) is 38.9 Å². The second-order valence-corrected chi connectivity index (χ2v) is 10.0. The van der Waals surface area contributed by atoms with E-state index >= 15 is 0 Å². The maximum absolute atomic E-state index is 4.92. The molecule has 0 saturated carbocycles. The molecule has 3 aromatic heterocycles. The summed E-state index contributed by atoms with van der Waals surface area (Å²) in [5, 5.41) is 11.1. The predicted molar refractivity (Wildman–Crippen MR) is 152 cm³/mol. The summed E-state index contributed by atoms with van der Waals surface area (Å²) in [6.45, 7) is 6.26. The summed E-state index contributed by atoms with van der Waals surface area (Å²) in [7, 11) is 0. The largest absolute Gasteiger partial charge is 0.324 e. The van der Waals surface area contributed by atoms with Crippen molar-refractivity contribution in [1.82, 2.24) is 24.7 Å². The van der Waals surface area contributed by atoms with Gasteiger partial charge in [-0.2, -0.15) is 0 Å². The lowest BCUT2D eigenvalue weighted by Gasteiger charge is -2.04. The summed E-state index contributed by atoms with van der Waals surface area (Å²) in [6, 6.07) is 27.3. The zero-order valence-corrected chi connectivity index (χ0v) is 21.7. The minimum atomic E-state index is 0.634. The predicted octanol–water partition coefficient (Wildman–Crippen LogP) is 7.72. The molecule has 6 nitrogen and oxygen atoms in total. The summed E-state index contributed by atoms with van der Waals surface area (Å²) >= 11 is 1.57. The normalized spacial score (nSPS) is 11.1. The smallest absolute Gasteiger partial charge is 0.211 e. The molecule has 0 aliphatic carbocycles. The Hall–Kier alpha value is -4.49. The van der Waals surface area contributed by atoms with E-state index < -0.39 is 0 Å². The molecule has 0 aliphatic rings. The lowest BCUT2D eigenvalue weighted by Crippen LogP contribution is -2.00. The Kier molecular flexibility index (Phi) is 5.90. The van der Waals surface area contributed by atoms with Crippen LogP contribution in [-0.2, 0) is 0 Å². The fourth-order valence-corrected chi connectivity index (χ4v) is 4.92. The lowest BCUT2D eigenvalue weighted by molar-refractivity contribution is 0.880. The summed E-state index contributed by atoms with van der Waals surface area (Å²) in [6.07, 6.45) is 1.83. The maximum Gasteiger partial charge on any atom is 0.211 e. The Morgan fingerprint density at radius 1 is 0.757 bits per heavy atom. The van der Waals surface area contributed by atoms with Crippen LogP contribution >= 0.6 is 11.3 Å². The summed E-state index contributed by atoms with van der Waals surface area (Å²) in [5.74, 6) is 1.32. The van der Waals surface area contributed by atoms with Crippen molar-refractivity contribution in [3.05, 3.63) is 107 Å². The standard InChI is InChI=1S/C30H26N6S/c1-19-4-10-22(11-5-19)25-17-31-29(32-25)34-28-16-27(24-14-8-21(3)9-15-24)36(35-28)30-33-26(18-37-30)23-12-6-20(2)7-13-23/h4-18H,1-3H3,(H2,31,32,34,35). The van der Waals surface area contributed by atoms with Gasteiger partial charge in [-0.1, -0.05) is 89.5 Å². The average molecular weight is 503 g/mol. The minimum Gasteiger partial charge on any atom is -0.324 e. The first-order valence-corrected chi connectivity index (χ1v) is 13.0. The Morgan fingerprint density at radius 2 is 1.35 bits per heavy atom. The number of aromatic amines is 1. The molecule has 182 valence electrons. The number of hydrogen-bond donors (Lipinski definition) is 2. The number of nitrogens with zero attached hydrogens (tertiary/aromatic N) is 4. The van der Waals surface area contributed by atoms with Crippen LogP contribution in [0.25, 0.3) is 38.9 Å². The van der Waals surface area contributed by atoms with Crippen LogP contribution in [-0.4, -0.2) is 24.7 Å². The van der Waals surface area contributed by atoms with E-state index in [0.29, 0.717) is 11.8 Å². The van der Waals surface area contributed by atoms with Gasteiger partial charge < -0.3 is 10.3 Å². The van der Waals surface area contributed by atoms with E-state index in [1.165, 1.54) is 16.7 Å². The molecule has 3 heterocycles. The molecule has 6 rings (SSSR count). The quantitative estimate of drug-likeness (QED) is 0.245. The number of benzene rings is 3. The number of thiazole rings is 1. The molecule has 0 saturated heterocycles. The van der Waals surface area contributed by atoms with Gasteiger partial charge >= 0.3 is 0 Å². The topological polar surface area (TPSA) is 71.4 Å². The molecule has 0 unspecified atom stereocenters. The van der Waals surface area contributed by atoms with Crippen molar-refractivity contribution in [2.75, 3.05) is 5.32 Å². The lowest BCUT2D eigenvalue weighted by atomic mass is 10.1. The molecule has 0 bridgehead atoms. The van der Waals surface area contributed by atoms with Crippen LogP contribution in [0.1, 0.15) is 16.7 Å². The van der Waals surface area contributed by atoms with Gasteiger partial charge in [0.15, 0.2) is 5.82 Å². The molecular formula is C30H26N6S. The van der Waals surface area contributed by atoms with Crippen LogP contribution in [0.15, 0.2) is 90.4 Å². The number of nitrogens with one attached hydrogen (secondary N) is 2. The molecule has 2 N–H and O–H groups in total. The summed E-state index contributed by atoms with van der Waals surface area (Å²) in [4.78, 5) is 12.8. The fourth-order valence-electron chi connectivity index (χ4n) is 4.12. The number of aryl methyl sites for hydroxylation is 3. The van der Waals surface area contributed by atoms with Crippen LogP contribution in [0.4, 0.5) is 11.8 Å². The monoisotopic (exact) mass is 502 g/mol. The van der Waals surface area contributed by atoms with Crippen LogP contribution in [0.3, 0.4) is 0 Å². The third-order valence-electron chi connectivity index (χ3n) is 6.26. The maximum atomic E-state index is 4.92. The SMILES string of the molecule is Cc1ccc(-c2csc(-n3nc(Nc4ncc(-c5ccc(C)cc5)[nH]4)cc3-c3ccc(C)cc3)n2)cc1. The van der Waals surface area contributed by atoms with Gasteiger partial charge in [0.2, 0.25) is 11.1 Å². The van der Waals surface area contributed by atoms with E-state index in [9.17, 15) is 0 Å². The van der Waals surface area contributed by atoms with Crippen LogP contribution in [0, 0.1) is 20.8 Å². The Morgan fingerprint density at radius 3 is 2.00 bits per heavy atom. The van der Waals surface area contributed by atoms with Crippen molar-refractivity contribution in [1.29, 1.82) is 0 Å². The first kappa shape index (κ1) is 22.9. The highest BCUT2D eigenvalue weighted by Gasteiger charge is 2.16. The van der Waals surface area contributed by atoms with Crippen LogP contribution in [0.5, 0.6) is 0 Å². The van der Waals surface area contributed by atoms with Crippen molar-refractivity contribution in [3.63, 3.8) is 0 Å². The summed E-state index contributed by atoms with van der Waals surface area (Å²) < 4.78 is 1.90. The molecule has 0 atom stereocenters. The number of H-pyrrole nitrogens is 1. The van der Waals surface area contributed by atoms with Crippen LogP contribution < -0.4 is 5.32 Å². The van der Waals surface area contributed by atoms with Gasteiger partial charge in [0, 0.05) is 22.6 Å². The third-order valence-corrected chi connectivity index (χ3v) is 7.08. The van der Waals surface area contributed by atoms with Gasteiger partial charge in [0.25, 0.3) is 0 Å². The molecule has 0 aliphatic heterocycles. The highest BCUT2D eigenvalue weighted by atomic mass is 32.1. The molecule has 0 radical (unpaired) electrons. The average Bonchev–Trinajstić information content (AvgIpc) is 3.66. The molecule has 0 spiro atoms. The highest BCUT2D eigenvalue weighted by Crippen LogP contribution is 2.31. The van der Waals surface area contributed by atoms with E-state index in [4.69, 9.17) is 10.1 Å². The number of imidazole rings is 1. The van der Waals surface area contributed by atoms with Crippen molar-refractivity contribution < 1.29 is 0 Å². The molecule has 0 amide bonds. The molecule has 3 aromatic carbocycles. The second kappa shape index (κ2) is 9.52. The Balaban J connectivity index is 1.35. The fraction of sp³-hybridized carbons (Fsp3) is 0.100. The number of hydrogen-bond acceptors (Lipinski definition) is 5. The van der Waals surface area contributed by atoms with E-state index in [1.54, 1.807) is 11.3 Å². The van der Waals surface area contributed by atoms with Gasteiger partial charge in [0.05, 0.1) is 23.3 Å². The Bertz CT molecular complexity index is 1650. The number of aromatic nitrogens is 5. The van der Waals surface area contributed by atoms with E-state index in [1.807, 2.05) is 16.9 Å². The van der Waals surface area contributed by atoms with Gasteiger partial charge in [0.1, 0.15) is 0 Å². The second-order valence-electron chi connectivity index (χ2n) is 9.21. The van der Waals surface area contributed by atoms with E-state index in [2.05, 4.69) is 114 Å². The van der Waals surface area contributed by atoms with Crippen molar-refractivity contribution in [3.8, 4) is 38.9 Å². The van der Waals surface area contributed by atoms with Crippen LogP contribution in [0.2, 0.25) is 0 Å². The zero-order chi connectivity index (χ0) is 25.4. The molecule has 6 aromatic rings. The van der Waals surface area contributed by atoms with Gasteiger partial charge in [-0.05, 0) is 26.3 Å². The van der Waals surface area contributed by atoms with E-state index in [-0.39, 0.29) is 0 Å². The first-order chi connectivity index (χ1) is 18.0.